The van der Waals surface area contributed by atoms with Gasteiger partial charge in [0.25, 0.3) is 0 Å². The van der Waals surface area contributed by atoms with Crippen molar-refractivity contribution in [2.45, 2.75) is 44.0 Å². The van der Waals surface area contributed by atoms with Gasteiger partial charge in [0.05, 0.1) is 10.9 Å². The standard InChI is InChI=1S/C19H26ClN5OS/c1-13(2)12-21-17(26)14(3)27-19-23-22-18(24-9-4-5-10-24)25(19)16-8-6-7-15(20)11-16/h6-8,11,13-14H,4-5,9-10,12H2,1-3H3,(H,21,26). The SMILES string of the molecule is CC(C)CNC(=O)C(C)Sc1nnc(N2CCCC2)n1-c1cccc(Cl)c1. The zero-order valence-electron chi connectivity index (χ0n) is 16.0. The number of nitrogens with zero attached hydrogens (tertiary/aromatic N) is 4. The smallest absolute Gasteiger partial charge is 0.233 e. The van der Waals surface area contributed by atoms with Crippen LogP contribution in [0.15, 0.2) is 29.4 Å². The van der Waals surface area contributed by atoms with Gasteiger partial charge in [-0.25, -0.2) is 0 Å². The molecule has 0 aliphatic carbocycles. The summed E-state index contributed by atoms with van der Waals surface area (Å²) >= 11 is 7.63. The number of carbonyl (C=O) groups excluding carboxylic acids is 1. The van der Waals surface area contributed by atoms with Gasteiger partial charge in [0.2, 0.25) is 11.9 Å². The van der Waals surface area contributed by atoms with Crippen molar-refractivity contribution < 1.29 is 4.79 Å². The van der Waals surface area contributed by atoms with Crippen LogP contribution in [0.3, 0.4) is 0 Å². The Morgan fingerprint density at radius 2 is 2.00 bits per heavy atom. The number of nitrogens with one attached hydrogen (secondary N) is 1. The molecular formula is C19H26ClN5OS. The minimum atomic E-state index is -0.266. The average molecular weight is 408 g/mol. The molecule has 0 radical (unpaired) electrons. The summed E-state index contributed by atoms with van der Waals surface area (Å²) in [5.74, 6) is 1.24. The van der Waals surface area contributed by atoms with Crippen molar-refractivity contribution in [3.8, 4) is 5.69 Å². The van der Waals surface area contributed by atoms with Gasteiger partial charge < -0.3 is 10.2 Å². The van der Waals surface area contributed by atoms with E-state index in [2.05, 4.69) is 34.3 Å². The molecule has 6 nitrogen and oxygen atoms in total. The number of hydrogen-bond acceptors (Lipinski definition) is 5. The number of halogens is 1. The Balaban J connectivity index is 1.87. The van der Waals surface area contributed by atoms with Gasteiger partial charge in [-0.3, -0.25) is 9.36 Å². The Kier molecular flexibility index (Phi) is 6.65. The van der Waals surface area contributed by atoms with E-state index in [0.717, 1.165) is 37.6 Å². The molecule has 1 aliphatic rings. The van der Waals surface area contributed by atoms with Crippen LogP contribution in [-0.2, 0) is 4.79 Å². The lowest BCUT2D eigenvalue weighted by atomic mass is 10.2. The number of carbonyl (C=O) groups is 1. The molecule has 0 spiro atoms. The van der Waals surface area contributed by atoms with E-state index in [1.807, 2.05) is 35.8 Å². The predicted molar refractivity (Wildman–Crippen MR) is 111 cm³/mol. The first-order valence-corrected chi connectivity index (χ1v) is 10.6. The van der Waals surface area contributed by atoms with Crippen LogP contribution in [0, 0.1) is 5.92 Å². The minimum Gasteiger partial charge on any atom is -0.355 e. The Labute approximate surface area is 169 Å². The van der Waals surface area contributed by atoms with E-state index < -0.39 is 0 Å². The van der Waals surface area contributed by atoms with Crippen molar-refractivity contribution >= 4 is 35.2 Å². The number of aromatic nitrogens is 3. The molecule has 1 aromatic heterocycles. The van der Waals surface area contributed by atoms with Crippen LogP contribution in [-0.4, -0.2) is 45.6 Å². The molecule has 146 valence electrons. The summed E-state index contributed by atoms with van der Waals surface area (Å²) < 4.78 is 2.01. The van der Waals surface area contributed by atoms with Crippen LogP contribution < -0.4 is 10.2 Å². The van der Waals surface area contributed by atoms with Crippen molar-refractivity contribution in [3.63, 3.8) is 0 Å². The first kappa shape index (κ1) is 20.0. The lowest BCUT2D eigenvalue weighted by Gasteiger charge is -2.19. The van der Waals surface area contributed by atoms with Gasteiger partial charge in [0.15, 0.2) is 5.16 Å². The molecule has 1 aromatic carbocycles. The molecule has 2 aromatic rings. The number of anilines is 1. The lowest BCUT2D eigenvalue weighted by molar-refractivity contribution is -0.120. The van der Waals surface area contributed by atoms with Crippen LogP contribution in [0.4, 0.5) is 5.95 Å². The second-order valence-electron chi connectivity index (χ2n) is 7.19. The Bertz CT molecular complexity index is 788. The van der Waals surface area contributed by atoms with E-state index in [1.165, 1.54) is 11.8 Å². The van der Waals surface area contributed by atoms with Gasteiger partial charge in [-0.05, 0) is 43.9 Å². The van der Waals surface area contributed by atoms with Crippen LogP contribution >= 0.6 is 23.4 Å². The molecule has 2 heterocycles. The first-order valence-electron chi connectivity index (χ1n) is 9.36. The molecular weight excluding hydrogens is 382 g/mol. The molecule has 1 saturated heterocycles. The number of amides is 1. The van der Waals surface area contributed by atoms with Gasteiger partial charge in [0, 0.05) is 24.7 Å². The average Bonchev–Trinajstić information content (AvgIpc) is 3.28. The molecule has 1 fully saturated rings. The van der Waals surface area contributed by atoms with E-state index in [-0.39, 0.29) is 11.2 Å². The number of thioether (sulfide) groups is 1. The third-order valence-corrected chi connectivity index (χ3v) is 5.69. The highest BCUT2D eigenvalue weighted by Gasteiger charge is 2.25. The quantitative estimate of drug-likeness (QED) is 0.708. The van der Waals surface area contributed by atoms with Crippen molar-refractivity contribution in [2.75, 3.05) is 24.5 Å². The van der Waals surface area contributed by atoms with Crippen LogP contribution in [0.2, 0.25) is 5.02 Å². The van der Waals surface area contributed by atoms with E-state index in [9.17, 15) is 4.79 Å². The number of benzene rings is 1. The van der Waals surface area contributed by atoms with Crippen LogP contribution in [0.1, 0.15) is 33.6 Å². The van der Waals surface area contributed by atoms with Gasteiger partial charge in [-0.2, -0.15) is 0 Å². The van der Waals surface area contributed by atoms with E-state index >= 15 is 0 Å². The summed E-state index contributed by atoms with van der Waals surface area (Å²) in [6, 6.07) is 7.65. The first-order chi connectivity index (χ1) is 13.0. The Morgan fingerprint density at radius 3 is 2.67 bits per heavy atom. The van der Waals surface area contributed by atoms with Crippen molar-refractivity contribution in [3.05, 3.63) is 29.3 Å². The largest absolute Gasteiger partial charge is 0.355 e. The van der Waals surface area contributed by atoms with Crippen molar-refractivity contribution in [1.82, 2.24) is 20.1 Å². The molecule has 1 aliphatic heterocycles. The van der Waals surface area contributed by atoms with Gasteiger partial charge in [-0.1, -0.05) is 43.3 Å². The molecule has 0 saturated carbocycles. The fourth-order valence-electron chi connectivity index (χ4n) is 2.96. The summed E-state index contributed by atoms with van der Waals surface area (Å²) in [4.78, 5) is 14.6. The van der Waals surface area contributed by atoms with Crippen molar-refractivity contribution in [2.24, 2.45) is 5.92 Å². The molecule has 3 rings (SSSR count). The Morgan fingerprint density at radius 1 is 1.26 bits per heavy atom. The second kappa shape index (κ2) is 8.97. The third kappa shape index (κ3) is 4.96. The lowest BCUT2D eigenvalue weighted by Crippen LogP contribution is -2.33. The Hall–Kier alpha value is -1.73. The van der Waals surface area contributed by atoms with Crippen LogP contribution in [0.25, 0.3) is 5.69 Å². The molecule has 8 heteroatoms. The van der Waals surface area contributed by atoms with Gasteiger partial charge >= 0.3 is 0 Å². The minimum absolute atomic E-state index is 0.0112. The zero-order chi connectivity index (χ0) is 19.4. The fraction of sp³-hybridized carbons (Fsp3) is 0.526. The van der Waals surface area contributed by atoms with E-state index in [1.54, 1.807) is 0 Å². The van der Waals surface area contributed by atoms with Gasteiger partial charge in [0.1, 0.15) is 0 Å². The number of hydrogen-bond donors (Lipinski definition) is 1. The summed E-state index contributed by atoms with van der Waals surface area (Å²) in [5, 5.41) is 12.9. The maximum Gasteiger partial charge on any atom is 0.233 e. The zero-order valence-corrected chi connectivity index (χ0v) is 17.6. The summed E-state index contributed by atoms with van der Waals surface area (Å²) in [6.07, 6.45) is 2.30. The summed E-state index contributed by atoms with van der Waals surface area (Å²) in [5.41, 5.74) is 0.909. The molecule has 1 unspecified atom stereocenters. The normalized spacial score (nSPS) is 15.4. The highest BCUT2D eigenvalue weighted by Crippen LogP contribution is 2.31. The molecule has 1 amide bonds. The second-order valence-corrected chi connectivity index (χ2v) is 8.94. The van der Waals surface area contributed by atoms with Gasteiger partial charge in [-0.15, -0.1) is 10.2 Å². The number of rotatable bonds is 7. The molecule has 27 heavy (non-hydrogen) atoms. The third-order valence-electron chi connectivity index (χ3n) is 4.41. The van der Waals surface area contributed by atoms with Crippen LogP contribution in [0.5, 0.6) is 0 Å². The van der Waals surface area contributed by atoms with Crippen molar-refractivity contribution in [1.29, 1.82) is 0 Å². The predicted octanol–water partition coefficient (Wildman–Crippen LogP) is 3.77. The summed E-state index contributed by atoms with van der Waals surface area (Å²) in [6.45, 7) is 8.66. The fourth-order valence-corrected chi connectivity index (χ4v) is 4.03. The topological polar surface area (TPSA) is 63.1 Å². The maximum absolute atomic E-state index is 12.4. The maximum atomic E-state index is 12.4. The monoisotopic (exact) mass is 407 g/mol. The molecule has 1 atom stereocenters. The highest BCUT2D eigenvalue weighted by atomic mass is 35.5. The molecule has 1 N–H and O–H groups in total. The highest BCUT2D eigenvalue weighted by molar-refractivity contribution is 8.00. The molecule has 0 bridgehead atoms. The van der Waals surface area contributed by atoms with E-state index in [0.29, 0.717) is 22.6 Å². The summed E-state index contributed by atoms with van der Waals surface area (Å²) in [7, 11) is 0. The van der Waals surface area contributed by atoms with E-state index in [4.69, 9.17) is 11.6 Å².